The molecule has 0 saturated heterocycles. The smallest absolute Gasteiger partial charge is 0.406 e. The Balaban J connectivity index is 3.03. The van der Waals surface area contributed by atoms with Gasteiger partial charge in [-0.25, -0.2) is 0 Å². The predicted molar refractivity (Wildman–Crippen MR) is 64.5 cm³/mol. The largest absolute Gasteiger partial charge is 0.573 e. The van der Waals surface area contributed by atoms with Crippen molar-refractivity contribution in [3.05, 3.63) is 40.0 Å². The van der Waals surface area contributed by atoms with E-state index in [4.69, 9.17) is 0 Å². The molecule has 0 radical (unpaired) electrons. The lowest BCUT2D eigenvalue weighted by Crippen LogP contribution is -2.17. The summed E-state index contributed by atoms with van der Waals surface area (Å²) in [5, 5.41) is 0. The fourth-order valence-corrected chi connectivity index (χ4v) is 1.84. The van der Waals surface area contributed by atoms with Crippen molar-refractivity contribution in [2.75, 3.05) is 0 Å². The Hall–Kier alpha value is -0.720. The third-order valence-electron chi connectivity index (χ3n) is 2.01. The first-order valence-corrected chi connectivity index (χ1v) is 5.58. The lowest BCUT2D eigenvalue weighted by atomic mass is 10.0. The Bertz CT molecular complexity index is 387. The van der Waals surface area contributed by atoms with Crippen molar-refractivity contribution in [3.63, 3.8) is 0 Å². The molecule has 88 valence electrons. The van der Waals surface area contributed by atoms with Crippen LogP contribution in [0.15, 0.2) is 30.9 Å². The van der Waals surface area contributed by atoms with Crippen LogP contribution in [0.5, 0.6) is 5.75 Å². The highest BCUT2D eigenvalue weighted by Crippen LogP contribution is 2.28. The quantitative estimate of drug-likeness (QED) is 0.581. The van der Waals surface area contributed by atoms with Gasteiger partial charge in [0.1, 0.15) is 5.75 Å². The van der Waals surface area contributed by atoms with Gasteiger partial charge in [-0.2, -0.15) is 0 Å². The second-order valence-electron chi connectivity index (χ2n) is 3.29. The Morgan fingerprint density at radius 1 is 1.38 bits per heavy atom. The molecule has 16 heavy (non-hydrogen) atoms. The summed E-state index contributed by atoms with van der Waals surface area (Å²) < 4.78 is 40.7. The van der Waals surface area contributed by atoms with Gasteiger partial charge in [0.25, 0.3) is 0 Å². The highest BCUT2D eigenvalue weighted by atomic mass is 127. The number of hydrogen-bond acceptors (Lipinski definition) is 1. The molecule has 0 saturated carbocycles. The van der Waals surface area contributed by atoms with Crippen molar-refractivity contribution in [3.8, 4) is 5.75 Å². The molecule has 0 aromatic heterocycles. The van der Waals surface area contributed by atoms with E-state index in [2.05, 4.69) is 11.3 Å². The number of hydrogen-bond donors (Lipinski definition) is 0. The highest BCUT2D eigenvalue weighted by molar-refractivity contribution is 14.1. The van der Waals surface area contributed by atoms with Crippen LogP contribution in [0.25, 0.3) is 0 Å². The maximum Gasteiger partial charge on any atom is 0.573 e. The molecule has 0 amide bonds. The van der Waals surface area contributed by atoms with E-state index in [0.717, 1.165) is 5.56 Å². The molecule has 0 spiro atoms. The fourth-order valence-electron chi connectivity index (χ4n) is 1.18. The first-order valence-electron chi connectivity index (χ1n) is 4.50. The fraction of sp³-hybridized carbons (Fsp3) is 0.273. The maximum atomic E-state index is 12.0. The summed E-state index contributed by atoms with van der Waals surface area (Å²) in [6, 6.07) is 4.52. The van der Waals surface area contributed by atoms with E-state index in [0.29, 0.717) is 3.57 Å². The Morgan fingerprint density at radius 2 is 2.00 bits per heavy atom. The Labute approximate surface area is 105 Å². The molecule has 5 heteroatoms. The van der Waals surface area contributed by atoms with Gasteiger partial charge in [-0.1, -0.05) is 13.0 Å². The molecule has 1 atom stereocenters. The molecule has 1 aromatic carbocycles. The van der Waals surface area contributed by atoms with E-state index < -0.39 is 6.36 Å². The molecule has 1 nitrogen and oxygen atoms in total. The topological polar surface area (TPSA) is 9.23 Å². The number of allylic oxidation sites excluding steroid dienone is 1. The second-order valence-corrected chi connectivity index (χ2v) is 4.54. The standard InChI is InChI=1S/C11H10F3IO/c1-3-7(2)8-4-9(15)6-10(5-8)16-11(12,13)14/h3-7H,1H2,2H3. The van der Waals surface area contributed by atoms with Gasteiger partial charge in [-0.3, -0.25) is 0 Å². The average molecular weight is 342 g/mol. The van der Waals surface area contributed by atoms with Gasteiger partial charge >= 0.3 is 6.36 Å². The van der Waals surface area contributed by atoms with Crippen LogP contribution in [-0.4, -0.2) is 6.36 Å². The monoisotopic (exact) mass is 342 g/mol. The lowest BCUT2D eigenvalue weighted by molar-refractivity contribution is -0.274. The molecule has 0 bridgehead atoms. The van der Waals surface area contributed by atoms with Gasteiger partial charge in [0, 0.05) is 3.57 Å². The molecule has 0 heterocycles. The normalized spacial score (nSPS) is 13.3. The summed E-state index contributed by atoms with van der Waals surface area (Å²) in [5.74, 6) is -0.201. The second kappa shape index (κ2) is 5.07. The van der Waals surface area contributed by atoms with Gasteiger partial charge in [-0.15, -0.1) is 19.8 Å². The summed E-state index contributed by atoms with van der Waals surface area (Å²) in [7, 11) is 0. The first kappa shape index (κ1) is 13.3. The van der Waals surface area contributed by atoms with E-state index in [-0.39, 0.29) is 11.7 Å². The molecule has 0 fully saturated rings. The van der Waals surface area contributed by atoms with Crippen molar-refractivity contribution < 1.29 is 17.9 Å². The lowest BCUT2D eigenvalue weighted by Gasteiger charge is -2.12. The SMILES string of the molecule is C=CC(C)c1cc(I)cc(OC(F)(F)F)c1. The van der Waals surface area contributed by atoms with Gasteiger partial charge in [0.2, 0.25) is 0 Å². The third kappa shape index (κ3) is 4.03. The van der Waals surface area contributed by atoms with Crippen LogP contribution in [-0.2, 0) is 0 Å². The summed E-state index contributed by atoms with van der Waals surface area (Å²) in [6.45, 7) is 5.46. The molecular weight excluding hydrogens is 332 g/mol. The van der Waals surface area contributed by atoms with Crippen molar-refractivity contribution in [1.29, 1.82) is 0 Å². The zero-order valence-corrected chi connectivity index (χ0v) is 10.7. The molecular formula is C11H10F3IO. The van der Waals surface area contributed by atoms with E-state index in [1.54, 1.807) is 12.1 Å². The van der Waals surface area contributed by atoms with Gasteiger partial charge in [0.15, 0.2) is 0 Å². The summed E-state index contributed by atoms with van der Waals surface area (Å²) in [4.78, 5) is 0. The van der Waals surface area contributed by atoms with E-state index >= 15 is 0 Å². The van der Waals surface area contributed by atoms with Crippen LogP contribution in [0.4, 0.5) is 13.2 Å². The van der Waals surface area contributed by atoms with Crippen LogP contribution in [0.3, 0.4) is 0 Å². The number of ether oxygens (including phenoxy) is 1. The van der Waals surface area contributed by atoms with Crippen LogP contribution >= 0.6 is 22.6 Å². The molecule has 1 rings (SSSR count). The zero-order valence-electron chi connectivity index (χ0n) is 8.51. The van der Waals surface area contributed by atoms with Crippen molar-refractivity contribution in [1.82, 2.24) is 0 Å². The van der Waals surface area contributed by atoms with Crippen molar-refractivity contribution >= 4 is 22.6 Å². The van der Waals surface area contributed by atoms with Crippen molar-refractivity contribution in [2.45, 2.75) is 19.2 Å². The number of alkyl halides is 3. The number of rotatable bonds is 3. The molecule has 0 N–H and O–H groups in total. The van der Waals surface area contributed by atoms with E-state index in [9.17, 15) is 13.2 Å². The highest BCUT2D eigenvalue weighted by Gasteiger charge is 2.31. The maximum absolute atomic E-state index is 12.0. The summed E-state index contributed by atoms with van der Waals surface area (Å²) in [5.41, 5.74) is 0.751. The minimum Gasteiger partial charge on any atom is -0.406 e. The average Bonchev–Trinajstić information content (AvgIpc) is 2.12. The Morgan fingerprint density at radius 3 is 2.50 bits per heavy atom. The summed E-state index contributed by atoms with van der Waals surface area (Å²) >= 11 is 1.95. The van der Waals surface area contributed by atoms with E-state index in [1.807, 2.05) is 29.5 Å². The van der Waals surface area contributed by atoms with Gasteiger partial charge < -0.3 is 4.74 Å². The van der Waals surface area contributed by atoms with Gasteiger partial charge in [0.05, 0.1) is 0 Å². The van der Waals surface area contributed by atoms with Crippen LogP contribution in [0.2, 0.25) is 0 Å². The zero-order chi connectivity index (χ0) is 12.3. The molecule has 1 aromatic rings. The predicted octanol–water partition coefficient (Wildman–Crippen LogP) is 4.48. The Kier molecular flexibility index (Phi) is 4.23. The molecule has 1 unspecified atom stereocenters. The first-order chi connectivity index (χ1) is 7.31. The van der Waals surface area contributed by atoms with Crippen molar-refractivity contribution in [2.24, 2.45) is 0 Å². The number of halogens is 4. The van der Waals surface area contributed by atoms with Gasteiger partial charge in [-0.05, 0) is 52.3 Å². The van der Waals surface area contributed by atoms with Crippen LogP contribution in [0, 0.1) is 3.57 Å². The summed E-state index contributed by atoms with van der Waals surface area (Å²) in [6.07, 6.45) is -2.98. The van der Waals surface area contributed by atoms with Crippen LogP contribution in [0.1, 0.15) is 18.4 Å². The molecule has 0 aliphatic heterocycles. The minimum atomic E-state index is -4.65. The molecule has 0 aliphatic carbocycles. The minimum absolute atomic E-state index is 0.00898. The van der Waals surface area contributed by atoms with E-state index in [1.165, 1.54) is 12.1 Å². The third-order valence-corrected chi connectivity index (χ3v) is 2.63. The number of benzene rings is 1. The van der Waals surface area contributed by atoms with Crippen LogP contribution < -0.4 is 4.74 Å². The molecule has 0 aliphatic rings.